The minimum absolute atomic E-state index is 0. The summed E-state index contributed by atoms with van der Waals surface area (Å²) in [6.07, 6.45) is 2.43. The van der Waals surface area contributed by atoms with Gasteiger partial charge in [-0.1, -0.05) is 36.0 Å². The van der Waals surface area contributed by atoms with Crippen molar-refractivity contribution in [3.05, 3.63) is 35.4 Å². The number of fused-ring (bicyclic) bond motifs is 5. The fourth-order valence-electron chi connectivity index (χ4n) is 3.15. The molecule has 1 aliphatic carbocycles. The molecule has 1 saturated heterocycles. The van der Waals surface area contributed by atoms with Crippen molar-refractivity contribution in [3.63, 3.8) is 0 Å². The first-order chi connectivity index (χ1) is 7.93. The summed E-state index contributed by atoms with van der Waals surface area (Å²) < 4.78 is 0. The van der Waals surface area contributed by atoms with Gasteiger partial charge in [0.05, 0.1) is 12.1 Å². The number of thioether (sulfide) groups is 1. The second kappa shape index (κ2) is 4.21. The smallest absolute Gasteiger partial charge is 0.160 e. The second-order valence-electron chi connectivity index (χ2n) is 4.70. The van der Waals surface area contributed by atoms with Crippen molar-refractivity contribution >= 4 is 29.3 Å². The van der Waals surface area contributed by atoms with E-state index in [-0.39, 0.29) is 12.4 Å². The lowest BCUT2D eigenvalue weighted by molar-refractivity contribution is 0.309. The molecule has 4 heteroatoms. The summed E-state index contributed by atoms with van der Waals surface area (Å²) in [5, 5.41) is 1.30. The SMILES string of the molecule is Cl.c1ccc2c(c1)CC[C@@H]1N=C3SCCN3[C@H]21. The monoisotopic (exact) mass is 266 g/mol. The van der Waals surface area contributed by atoms with Crippen LogP contribution < -0.4 is 0 Å². The van der Waals surface area contributed by atoms with Crippen molar-refractivity contribution in [3.8, 4) is 0 Å². The van der Waals surface area contributed by atoms with Crippen LogP contribution in [-0.2, 0) is 6.42 Å². The van der Waals surface area contributed by atoms with E-state index < -0.39 is 0 Å². The molecule has 0 aromatic heterocycles. The Labute approximate surface area is 112 Å². The van der Waals surface area contributed by atoms with Gasteiger partial charge in [0.25, 0.3) is 0 Å². The molecule has 2 nitrogen and oxygen atoms in total. The number of aliphatic imine (C=N–C) groups is 1. The summed E-state index contributed by atoms with van der Waals surface area (Å²) >= 11 is 1.93. The van der Waals surface area contributed by atoms with E-state index in [1.807, 2.05) is 11.8 Å². The number of aryl methyl sites for hydroxylation is 1. The van der Waals surface area contributed by atoms with Crippen LogP contribution in [0.1, 0.15) is 23.6 Å². The van der Waals surface area contributed by atoms with E-state index in [0.29, 0.717) is 12.1 Å². The van der Waals surface area contributed by atoms with Gasteiger partial charge in [-0.2, -0.15) is 0 Å². The fourth-order valence-corrected chi connectivity index (χ4v) is 4.21. The molecule has 0 saturated carbocycles. The molecular formula is C13H15ClN2S. The highest BCUT2D eigenvalue weighted by atomic mass is 35.5. The number of rotatable bonds is 0. The normalized spacial score (nSPS) is 28.9. The molecule has 1 fully saturated rings. The third-order valence-electron chi connectivity index (χ3n) is 3.87. The van der Waals surface area contributed by atoms with Gasteiger partial charge in [-0.05, 0) is 24.0 Å². The van der Waals surface area contributed by atoms with E-state index in [9.17, 15) is 0 Å². The van der Waals surface area contributed by atoms with Gasteiger partial charge in [0, 0.05) is 12.3 Å². The lowest BCUT2D eigenvalue weighted by atomic mass is 9.84. The first kappa shape index (κ1) is 11.4. The molecule has 1 aromatic rings. The summed E-state index contributed by atoms with van der Waals surface area (Å²) in [4.78, 5) is 7.40. The predicted octanol–water partition coefficient (Wildman–Crippen LogP) is 2.88. The van der Waals surface area contributed by atoms with Crippen LogP contribution in [0, 0.1) is 0 Å². The summed E-state index contributed by atoms with van der Waals surface area (Å²) in [5.74, 6) is 1.21. The van der Waals surface area contributed by atoms with Crippen LogP contribution in [0.15, 0.2) is 29.3 Å². The van der Waals surface area contributed by atoms with Gasteiger partial charge in [0.15, 0.2) is 5.17 Å². The Morgan fingerprint density at radius 3 is 3.12 bits per heavy atom. The van der Waals surface area contributed by atoms with Crippen molar-refractivity contribution in [2.24, 2.45) is 4.99 Å². The summed E-state index contributed by atoms with van der Waals surface area (Å²) in [6.45, 7) is 1.18. The van der Waals surface area contributed by atoms with Crippen LogP contribution in [0.2, 0.25) is 0 Å². The number of halogens is 1. The fraction of sp³-hybridized carbons (Fsp3) is 0.462. The highest BCUT2D eigenvalue weighted by Crippen LogP contribution is 2.44. The van der Waals surface area contributed by atoms with Gasteiger partial charge in [-0.15, -0.1) is 12.4 Å². The molecule has 0 spiro atoms. The third kappa shape index (κ3) is 1.59. The largest absolute Gasteiger partial charge is 0.341 e. The molecule has 3 aliphatic rings. The highest BCUT2D eigenvalue weighted by molar-refractivity contribution is 8.14. The quantitative estimate of drug-likeness (QED) is 0.718. The molecule has 2 heterocycles. The van der Waals surface area contributed by atoms with Crippen LogP contribution in [-0.4, -0.2) is 28.4 Å². The number of amidine groups is 1. The lowest BCUT2D eigenvalue weighted by Gasteiger charge is -2.32. The van der Waals surface area contributed by atoms with E-state index in [2.05, 4.69) is 29.2 Å². The Morgan fingerprint density at radius 2 is 2.18 bits per heavy atom. The highest BCUT2D eigenvalue weighted by Gasteiger charge is 2.42. The molecule has 0 amide bonds. The maximum Gasteiger partial charge on any atom is 0.160 e. The van der Waals surface area contributed by atoms with Gasteiger partial charge in [0.1, 0.15) is 0 Å². The number of hydrogen-bond donors (Lipinski definition) is 0. The topological polar surface area (TPSA) is 15.6 Å². The van der Waals surface area contributed by atoms with Gasteiger partial charge in [0.2, 0.25) is 0 Å². The minimum atomic E-state index is 0. The number of hydrogen-bond acceptors (Lipinski definition) is 3. The Kier molecular flexibility index (Phi) is 2.83. The minimum Gasteiger partial charge on any atom is -0.341 e. The third-order valence-corrected chi connectivity index (χ3v) is 4.85. The zero-order valence-corrected chi connectivity index (χ0v) is 11.1. The first-order valence-corrected chi connectivity index (χ1v) is 6.97. The van der Waals surface area contributed by atoms with E-state index in [0.717, 1.165) is 0 Å². The van der Waals surface area contributed by atoms with Crippen molar-refractivity contribution in [1.82, 2.24) is 4.90 Å². The van der Waals surface area contributed by atoms with Crippen molar-refractivity contribution in [1.29, 1.82) is 0 Å². The predicted molar refractivity (Wildman–Crippen MR) is 75.1 cm³/mol. The van der Waals surface area contributed by atoms with E-state index in [1.165, 1.54) is 41.4 Å². The average Bonchev–Trinajstić information content (AvgIpc) is 2.88. The van der Waals surface area contributed by atoms with Crippen molar-refractivity contribution in [2.75, 3.05) is 12.3 Å². The molecule has 4 rings (SSSR count). The van der Waals surface area contributed by atoms with Crippen LogP contribution >= 0.6 is 24.2 Å². The Morgan fingerprint density at radius 1 is 1.29 bits per heavy atom. The Hall–Kier alpha value is -0.670. The van der Waals surface area contributed by atoms with E-state index in [4.69, 9.17) is 4.99 Å². The molecule has 0 N–H and O–H groups in total. The molecular weight excluding hydrogens is 252 g/mol. The second-order valence-corrected chi connectivity index (χ2v) is 5.77. The van der Waals surface area contributed by atoms with Crippen LogP contribution in [0.3, 0.4) is 0 Å². The van der Waals surface area contributed by atoms with Crippen LogP contribution in [0.5, 0.6) is 0 Å². The standard InChI is InChI=1S/C13H14N2S.ClH/c1-2-4-10-9(3-1)5-6-11-12(10)15-7-8-16-13(15)14-11;/h1-4,11-12H,5-8H2;1H/t11-,12+;/m0./s1. The molecule has 2 aliphatic heterocycles. The van der Waals surface area contributed by atoms with Crippen LogP contribution in [0.25, 0.3) is 0 Å². The zero-order valence-electron chi connectivity index (χ0n) is 9.50. The summed E-state index contributed by atoms with van der Waals surface area (Å²) in [7, 11) is 0. The summed E-state index contributed by atoms with van der Waals surface area (Å²) in [5.41, 5.74) is 3.07. The lowest BCUT2D eigenvalue weighted by Crippen LogP contribution is -2.33. The van der Waals surface area contributed by atoms with Gasteiger partial charge >= 0.3 is 0 Å². The van der Waals surface area contributed by atoms with Crippen LogP contribution in [0.4, 0.5) is 0 Å². The Balaban J connectivity index is 0.000000902. The van der Waals surface area contributed by atoms with E-state index >= 15 is 0 Å². The molecule has 17 heavy (non-hydrogen) atoms. The first-order valence-electron chi connectivity index (χ1n) is 5.98. The molecule has 90 valence electrons. The van der Waals surface area contributed by atoms with Gasteiger partial charge in [-0.3, -0.25) is 4.99 Å². The van der Waals surface area contributed by atoms with Gasteiger partial charge in [-0.25, -0.2) is 0 Å². The maximum absolute atomic E-state index is 4.88. The number of nitrogens with zero attached hydrogens (tertiary/aromatic N) is 2. The molecule has 0 radical (unpaired) electrons. The summed E-state index contributed by atoms with van der Waals surface area (Å²) in [6, 6.07) is 9.99. The number of benzene rings is 1. The molecule has 0 unspecified atom stereocenters. The van der Waals surface area contributed by atoms with Crippen molar-refractivity contribution < 1.29 is 0 Å². The van der Waals surface area contributed by atoms with E-state index in [1.54, 1.807) is 0 Å². The molecule has 0 bridgehead atoms. The maximum atomic E-state index is 4.88. The average molecular weight is 267 g/mol. The molecule has 2 atom stereocenters. The molecule has 1 aromatic carbocycles. The zero-order chi connectivity index (χ0) is 10.5. The van der Waals surface area contributed by atoms with Crippen molar-refractivity contribution in [2.45, 2.75) is 24.9 Å². The van der Waals surface area contributed by atoms with Gasteiger partial charge < -0.3 is 4.90 Å². The Bertz CT molecular complexity index is 474.